The van der Waals surface area contributed by atoms with Gasteiger partial charge in [0.2, 0.25) is 5.91 Å². The van der Waals surface area contributed by atoms with Gasteiger partial charge in [-0.05, 0) is 25.7 Å². The first-order valence-electron chi connectivity index (χ1n) is 6.10. The van der Waals surface area contributed by atoms with E-state index in [1.54, 1.807) is 4.90 Å². The van der Waals surface area contributed by atoms with E-state index in [1.807, 2.05) is 20.9 Å². The third-order valence-electron chi connectivity index (χ3n) is 3.18. The standard InChI is InChI=1S/C12H24N2O2.ClH/c1-9(10(2)13)12(15)14(3)6-7-16-8-11-4-5-11;/h9-11H,4-8,13H2,1-3H3;1H. The molecule has 1 fully saturated rings. The van der Waals surface area contributed by atoms with Gasteiger partial charge in [0.25, 0.3) is 0 Å². The van der Waals surface area contributed by atoms with Crippen molar-refractivity contribution in [1.82, 2.24) is 4.90 Å². The van der Waals surface area contributed by atoms with E-state index in [1.165, 1.54) is 12.8 Å². The zero-order chi connectivity index (χ0) is 12.1. The first-order valence-corrected chi connectivity index (χ1v) is 6.10. The van der Waals surface area contributed by atoms with Gasteiger partial charge in [0.15, 0.2) is 0 Å². The van der Waals surface area contributed by atoms with Gasteiger partial charge in [0, 0.05) is 26.2 Å². The Morgan fingerprint density at radius 3 is 2.53 bits per heavy atom. The molecule has 0 aromatic carbocycles. The monoisotopic (exact) mass is 264 g/mol. The molecule has 1 rings (SSSR count). The second kappa shape index (κ2) is 7.90. The molecule has 0 aromatic rings. The Labute approximate surface area is 110 Å². The average Bonchev–Trinajstić information content (AvgIpc) is 3.05. The molecule has 2 N–H and O–H groups in total. The van der Waals surface area contributed by atoms with Gasteiger partial charge in [0.05, 0.1) is 12.5 Å². The van der Waals surface area contributed by atoms with Gasteiger partial charge in [-0.25, -0.2) is 0 Å². The Balaban J connectivity index is 0.00000256. The smallest absolute Gasteiger partial charge is 0.226 e. The highest BCUT2D eigenvalue weighted by molar-refractivity contribution is 5.85. The van der Waals surface area contributed by atoms with E-state index in [9.17, 15) is 4.79 Å². The summed E-state index contributed by atoms with van der Waals surface area (Å²) >= 11 is 0. The Morgan fingerprint density at radius 2 is 2.06 bits per heavy atom. The molecule has 5 heteroatoms. The molecule has 0 aromatic heterocycles. The first-order chi connectivity index (χ1) is 7.52. The van der Waals surface area contributed by atoms with Crippen molar-refractivity contribution in [3.8, 4) is 0 Å². The molecular weight excluding hydrogens is 240 g/mol. The van der Waals surface area contributed by atoms with Crippen LogP contribution in [0.4, 0.5) is 0 Å². The van der Waals surface area contributed by atoms with Gasteiger partial charge in [0.1, 0.15) is 0 Å². The van der Waals surface area contributed by atoms with Crippen LogP contribution in [-0.4, -0.2) is 43.7 Å². The fraction of sp³-hybridized carbons (Fsp3) is 0.917. The number of likely N-dealkylation sites (N-methyl/N-ethyl adjacent to an activating group) is 1. The van der Waals surface area contributed by atoms with Gasteiger partial charge in [-0.2, -0.15) is 0 Å². The molecule has 1 saturated carbocycles. The number of nitrogens with two attached hydrogens (primary N) is 1. The van der Waals surface area contributed by atoms with E-state index >= 15 is 0 Å². The van der Waals surface area contributed by atoms with Crippen molar-refractivity contribution in [3.63, 3.8) is 0 Å². The topological polar surface area (TPSA) is 55.6 Å². The molecule has 4 nitrogen and oxygen atoms in total. The first kappa shape index (κ1) is 16.7. The number of carbonyl (C=O) groups excluding carboxylic acids is 1. The molecule has 2 atom stereocenters. The summed E-state index contributed by atoms with van der Waals surface area (Å²) in [5.41, 5.74) is 5.70. The molecule has 1 aliphatic carbocycles. The van der Waals surface area contributed by atoms with Crippen molar-refractivity contribution < 1.29 is 9.53 Å². The van der Waals surface area contributed by atoms with Crippen LogP contribution in [0.5, 0.6) is 0 Å². The van der Waals surface area contributed by atoms with Crippen LogP contribution in [0.3, 0.4) is 0 Å². The maximum Gasteiger partial charge on any atom is 0.226 e. The zero-order valence-electron chi connectivity index (χ0n) is 11.0. The summed E-state index contributed by atoms with van der Waals surface area (Å²) in [6, 6.07) is -0.0951. The molecule has 0 aliphatic heterocycles. The van der Waals surface area contributed by atoms with E-state index in [0.29, 0.717) is 13.2 Å². The fourth-order valence-corrected chi connectivity index (χ4v) is 1.42. The third kappa shape index (κ3) is 6.24. The van der Waals surface area contributed by atoms with Gasteiger partial charge < -0.3 is 15.4 Å². The lowest BCUT2D eigenvalue weighted by Crippen LogP contribution is -2.41. The van der Waals surface area contributed by atoms with Crippen molar-refractivity contribution in [2.45, 2.75) is 32.7 Å². The summed E-state index contributed by atoms with van der Waals surface area (Å²) in [4.78, 5) is 13.5. The van der Waals surface area contributed by atoms with Gasteiger partial charge >= 0.3 is 0 Å². The lowest BCUT2D eigenvalue weighted by molar-refractivity contribution is -0.134. The van der Waals surface area contributed by atoms with E-state index in [-0.39, 0.29) is 30.3 Å². The number of ether oxygens (including phenoxy) is 1. The molecule has 2 unspecified atom stereocenters. The molecule has 0 bridgehead atoms. The molecule has 102 valence electrons. The molecule has 0 spiro atoms. The van der Waals surface area contributed by atoms with Crippen molar-refractivity contribution in [2.24, 2.45) is 17.6 Å². The maximum absolute atomic E-state index is 11.8. The van der Waals surface area contributed by atoms with E-state index in [2.05, 4.69) is 0 Å². The predicted octanol–water partition coefficient (Wildman–Crippen LogP) is 1.28. The highest BCUT2D eigenvalue weighted by Crippen LogP contribution is 2.28. The fourth-order valence-electron chi connectivity index (χ4n) is 1.42. The van der Waals surface area contributed by atoms with Crippen LogP contribution in [0.1, 0.15) is 26.7 Å². The highest BCUT2D eigenvalue weighted by atomic mass is 35.5. The normalized spacial score (nSPS) is 18.1. The molecule has 0 saturated heterocycles. The number of nitrogens with zero attached hydrogens (tertiary/aromatic N) is 1. The van der Waals surface area contributed by atoms with Crippen molar-refractivity contribution in [3.05, 3.63) is 0 Å². The minimum absolute atomic E-state index is 0. The number of halogens is 1. The summed E-state index contributed by atoms with van der Waals surface area (Å²) in [5, 5.41) is 0. The number of hydrogen-bond donors (Lipinski definition) is 1. The number of rotatable bonds is 7. The molecule has 1 amide bonds. The summed E-state index contributed by atoms with van der Waals surface area (Å²) in [6.45, 7) is 5.87. The summed E-state index contributed by atoms with van der Waals surface area (Å²) in [5.74, 6) is 0.766. The van der Waals surface area contributed by atoms with Crippen LogP contribution in [0.15, 0.2) is 0 Å². The Morgan fingerprint density at radius 1 is 1.47 bits per heavy atom. The average molecular weight is 265 g/mol. The molecule has 17 heavy (non-hydrogen) atoms. The SMILES string of the molecule is CC(N)C(C)C(=O)N(C)CCOCC1CC1.Cl. The Bertz CT molecular complexity index is 233. The summed E-state index contributed by atoms with van der Waals surface area (Å²) in [7, 11) is 1.81. The van der Waals surface area contributed by atoms with Gasteiger partial charge in [-0.15, -0.1) is 12.4 Å². The van der Waals surface area contributed by atoms with Crippen LogP contribution < -0.4 is 5.73 Å². The van der Waals surface area contributed by atoms with E-state index in [4.69, 9.17) is 10.5 Å². The molecule has 0 radical (unpaired) electrons. The van der Waals surface area contributed by atoms with Crippen molar-refractivity contribution in [2.75, 3.05) is 26.8 Å². The quantitative estimate of drug-likeness (QED) is 0.705. The second-order valence-corrected chi connectivity index (χ2v) is 4.93. The lowest BCUT2D eigenvalue weighted by Gasteiger charge is -2.23. The third-order valence-corrected chi connectivity index (χ3v) is 3.18. The van der Waals surface area contributed by atoms with Crippen molar-refractivity contribution >= 4 is 18.3 Å². The highest BCUT2D eigenvalue weighted by Gasteiger charge is 2.22. The maximum atomic E-state index is 11.8. The van der Waals surface area contributed by atoms with Crippen LogP contribution in [-0.2, 0) is 9.53 Å². The van der Waals surface area contributed by atoms with E-state index in [0.717, 1.165) is 12.5 Å². The molecular formula is C12H25ClN2O2. The largest absolute Gasteiger partial charge is 0.379 e. The number of hydrogen-bond acceptors (Lipinski definition) is 3. The number of amides is 1. The molecule has 1 aliphatic rings. The van der Waals surface area contributed by atoms with Crippen LogP contribution in [0, 0.1) is 11.8 Å². The second-order valence-electron chi connectivity index (χ2n) is 4.93. The Kier molecular flexibility index (Phi) is 7.75. The van der Waals surface area contributed by atoms with Gasteiger partial charge in [-0.3, -0.25) is 4.79 Å². The molecule has 0 heterocycles. The number of carbonyl (C=O) groups is 1. The lowest BCUT2D eigenvalue weighted by atomic mass is 10.0. The van der Waals surface area contributed by atoms with Crippen LogP contribution >= 0.6 is 12.4 Å². The van der Waals surface area contributed by atoms with Crippen molar-refractivity contribution in [1.29, 1.82) is 0 Å². The van der Waals surface area contributed by atoms with E-state index < -0.39 is 0 Å². The van der Waals surface area contributed by atoms with Crippen LogP contribution in [0.2, 0.25) is 0 Å². The summed E-state index contributed by atoms with van der Waals surface area (Å²) in [6.07, 6.45) is 2.60. The zero-order valence-corrected chi connectivity index (χ0v) is 11.8. The predicted molar refractivity (Wildman–Crippen MR) is 71.2 cm³/mol. The summed E-state index contributed by atoms with van der Waals surface area (Å²) < 4.78 is 5.49. The van der Waals surface area contributed by atoms with Crippen LogP contribution in [0.25, 0.3) is 0 Å². The van der Waals surface area contributed by atoms with Gasteiger partial charge in [-0.1, -0.05) is 6.92 Å². The minimum atomic E-state index is -0.117. The Hall–Kier alpha value is -0.320. The minimum Gasteiger partial charge on any atom is -0.379 e.